The van der Waals surface area contributed by atoms with Crippen LogP contribution in [-0.4, -0.2) is 16.6 Å². The van der Waals surface area contributed by atoms with Crippen molar-refractivity contribution in [3.05, 3.63) is 47.9 Å². The first-order valence-corrected chi connectivity index (χ1v) is 6.87. The maximum Gasteiger partial charge on any atom is 0.136 e. The molecule has 0 aliphatic heterocycles. The van der Waals surface area contributed by atoms with Crippen molar-refractivity contribution >= 4 is 27.2 Å². The highest BCUT2D eigenvalue weighted by Gasteiger charge is 2.26. The van der Waals surface area contributed by atoms with Gasteiger partial charge in [0, 0.05) is 6.20 Å². The quantitative estimate of drug-likeness (QED) is 0.767. The van der Waals surface area contributed by atoms with Gasteiger partial charge in [0.15, 0.2) is 0 Å². The molecule has 0 saturated heterocycles. The smallest absolute Gasteiger partial charge is 0.136 e. The van der Waals surface area contributed by atoms with E-state index in [2.05, 4.69) is 10.3 Å². The van der Waals surface area contributed by atoms with Crippen molar-refractivity contribution in [3.8, 4) is 0 Å². The first-order chi connectivity index (χ1) is 9.17. The van der Waals surface area contributed by atoms with Crippen LogP contribution in [0.2, 0.25) is 0 Å². The number of nitrogens with zero attached hydrogens (tertiary/aromatic N) is 1. The molecule has 0 bridgehead atoms. The van der Waals surface area contributed by atoms with Crippen LogP contribution in [0, 0.1) is 0 Å². The number of hydrogen-bond donors (Lipinski definition) is 2. The third-order valence-electron chi connectivity index (χ3n) is 3.02. The number of fused-ring (bicyclic) bond motifs is 1. The highest BCUT2D eigenvalue weighted by atomic mass is 32.1. The molecule has 3 aromatic rings. The van der Waals surface area contributed by atoms with Crippen molar-refractivity contribution in [3.63, 3.8) is 0 Å². The van der Waals surface area contributed by atoms with Crippen LogP contribution in [0.3, 0.4) is 0 Å². The van der Waals surface area contributed by atoms with Gasteiger partial charge in [0.1, 0.15) is 11.4 Å². The highest BCUT2D eigenvalue weighted by molar-refractivity contribution is 7.17. The molecular weight excluding hydrogens is 260 g/mol. The average molecular weight is 274 g/mol. The van der Waals surface area contributed by atoms with Crippen LogP contribution in [0.4, 0.5) is 5.69 Å². The molecular formula is C14H14N2O2S. The number of furan rings is 1. The zero-order chi connectivity index (χ0) is 13.3. The lowest BCUT2D eigenvalue weighted by Crippen LogP contribution is -2.30. The molecule has 1 atom stereocenters. The fourth-order valence-corrected chi connectivity index (χ4v) is 2.79. The Morgan fingerprint density at radius 1 is 1.42 bits per heavy atom. The van der Waals surface area contributed by atoms with Gasteiger partial charge in [-0.2, -0.15) is 0 Å². The largest absolute Gasteiger partial charge is 0.466 e. The summed E-state index contributed by atoms with van der Waals surface area (Å²) in [5, 5.41) is 15.7. The second-order valence-corrected chi connectivity index (χ2v) is 5.51. The van der Waals surface area contributed by atoms with Gasteiger partial charge in [-0.05, 0) is 36.6 Å². The Labute approximate surface area is 114 Å². The summed E-state index contributed by atoms with van der Waals surface area (Å²) in [7, 11) is 0. The van der Waals surface area contributed by atoms with Crippen LogP contribution in [0.15, 0.2) is 46.5 Å². The fourth-order valence-electron chi connectivity index (χ4n) is 1.95. The van der Waals surface area contributed by atoms with E-state index in [1.54, 1.807) is 42.9 Å². The van der Waals surface area contributed by atoms with Crippen molar-refractivity contribution in [2.75, 3.05) is 11.9 Å². The molecule has 3 rings (SSSR count). The monoisotopic (exact) mass is 274 g/mol. The number of hydrogen-bond acceptors (Lipinski definition) is 5. The molecule has 3 heterocycles. The molecule has 1 unspecified atom stereocenters. The Balaban J connectivity index is 1.81. The van der Waals surface area contributed by atoms with E-state index in [1.165, 1.54) is 0 Å². The van der Waals surface area contributed by atoms with Gasteiger partial charge in [0.2, 0.25) is 0 Å². The molecule has 98 valence electrons. The maximum atomic E-state index is 10.4. The summed E-state index contributed by atoms with van der Waals surface area (Å²) in [6, 6.07) is 7.44. The molecule has 0 aliphatic rings. The second kappa shape index (κ2) is 4.68. The SMILES string of the molecule is CC(O)(CNc1ccnc2ccsc12)c1ccco1. The van der Waals surface area contributed by atoms with Crippen LogP contribution in [0.1, 0.15) is 12.7 Å². The molecule has 2 N–H and O–H groups in total. The molecule has 0 aliphatic carbocycles. The van der Waals surface area contributed by atoms with Gasteiger partial charge in [0.25, 0.3) is 0 Å². The normalized spacial score (nSPS) is 14.4. The molecule has 4 nitrogen and oxygen atoms in total. The zero-order valence-electron chi connectivity index (χ0n) is 10.5. The molecule has 0 spiro atoms. The first kappa shape index (κ1) is 12.2. The van der Waals surface area contributed by atoms with Crippen molar-refractivity contribution < 1.29 is 9.52 Å². The molecule has 5 heteroatoms. The predicted molar refractivity (Wildman–Crippen MR) is 76.4 cm³/mol. The maximum absolute atomic E-state index is 10.4. The lowest BCUT2D eigenvalue weighted by Gasteiger charge is -2.22. The van der Waals surface area contributed by atoms with E-state index < -0.39 is 5.60 Å². The number of anilines is 1. The van der Waals surface area contributed by atoms with Crippen LogP contribution in [-0.2, 0) is 5.60 Å². The number of rotatable bonds is 4. The topological polar surface area (TPSA) is 58.3 Å². The Bertz CT molecular complexity index is 674. The van der Waals surface area contributed by atoms with E-state index in [1.807, 2.05) is 17.5 Å². The van der Waals surface area contributed by atoms with Gasteiger partial charge >= 0.3 is 0 Å². The number of nitrogens with one attached hydrogen (secondary N) is 1. The standard InChI is InChI=1S/C14H14N2O2S/c1-14(17,12-3-2-7-18-12)9-16-10-4-6-15-11-5-8-19-13(10)11/h2-8,17H,9H2,1H3,(H,15,16). The summed E-state index contributed by atoms with van der Waals surface area (Å²) >= 11 is 1.63. The van der Waals surface area contributed by atoms with Crippen LogP contribution < -0.4 is 5.32 Å². The molecule has 0 radical (unpaired) electrons. The van der Waals surface area contributed by atoms with E-state index in [-0.39, 0.29) is 0 Å². The van der Waals surface area contributed by atoms with Gasteiger partial charge in [-0.3, -0.25) is 4.98 Å². The molecule has 0 aromatic carbocycles. The van der Waals surface area contributed by atoms with E-state index in [0.717, 1.165) is 15.9 Å². The minimum Gasteiger partial charge on any atom is -0.466 e. The van der Waals surface area contributed by atoms with E-state index in [9.17, 15) is 5.11 Å². The van der Waals surface area contributed by atoms with Gasteiger partial charge in [-0.15, -0.1) is 11.3 Å². The van der Waals surface area contributed by atoms with E-state index >= 15 is 0 Å². The Morgan fingerprint density at radius 3 is 3.11 bits per heavy atom. The molecule has 3 aromatic heterocycles. The molecule has 0 saturated carbocycles. The lowest BCUT2D eigenvalue weighted by molar-refractivity contribution is 0.0477. The number of thiophene rings is 1. The van der Waals surface area contributed by atoms with Crippen molar-refractivity contribution in [1.82, 2.24) is 4.98 Å². The lowest BCUT2D eigenvalue weighted by atomic mass is 10.0. The summed E-state index contributed by atoms with van der Waals surface area (Å²) in [6.07, 6.45) is 3.33. The van der Waals surface area contributed by atoms with Gasteiger partial charge in [-0.25, -0.2) is 0 Å². The van der Waals surface area contributed by atoms with Crippen LogP contribution in [0.5, 0.6) is 0 Å². The minimum absolute atomic E-state index is 0.373. The predicted octanol–water partition coefficient (Wildman–Crippen LogP) is 3.21. The summed E-state index contributed by atoms with van der Waals surface area (Å²) in [5.41, 5.74) is 0.899. The summed E-state index contributed by atoms with van der Waals surface area (Å²) < 4.78 is 6.35. The molecule has 0 fully saturated rings. The van der Waals surface area contributed by atoms with Crippen molar-refractivity contribution in [1.29, 1.82) is 0 Å². The Morgan fingerprint density at radius 2 is 2.32 bits per heavy atom. The van der Waals surface area contributed by atoms with Crippen molar-refractivity contribution in [2.24, 2.45) is 0 Å². The highest BCUT2D eigenvalue weighted by Crippen LogP contribution is 2.28. The second-order valence-electron chi connectivity index (χ2n) is 4.60. The average Bonchev–Trinajstić information content (AvgIpc) is 3.07. The van der Waals surface area contributed by atoms with Crippen LogP contribution in [0.25, 0.3) is 10.2 Å². The van der Waals surface area contributed by atoms with E-state index in [4.69, 9.17) is 4.42 Å². The molecule has 0 amide bonds. The van der Waals surface area contributed by atoms with Gasteiger partial charge < -0.3 is 14.8 Å². The van der Waals surface area contributed by atoms with Gasteiger partial charge in [-0.1, -0.05) is 0 Å². The third kappa shape index (κ3) is 2.34. The fraction of sp³-hybridized carbons (Fsp3) is 0.214. The Kier molecular flexibility index (Phi) is 3.00. The zero-order valence-corrected chi connectivity index (χ0v) is 11.3. The van der Waals surface area contributed by atoms with Crippen LogP contribution >= 0.6 is 11.3 Å². The summed E-state index contributed by atoms with van der Waals surface area (Å²) in [4.78, 5) is 4.29. The Hall–Kier alpha value is -1.85. The summed E-state index contributed by atoms with van der Waals surface area (Å²) in [6.45, 7) is 2.10. The molecule has 19 heavy (non-hydrogen) atoms. The van der Waals surface area contributed by atoms with E-state index in [0.29, 0.717) is 12.3 Å². The number of aromatic nitrogens is 1. The number of aliphatic hydroxyl groups is 1. The minimum atomic E-state index is -1.05. The summed E-state index contributed by atoms with van der Waals surface area (Å²) in [5.74, 6) is 0.552. The van der Waals surface area contributed by atoms with Gasteiger partial charge in [0.05, 0.1) is 28.7 Å². The number of pyridine rings is 1. The first-order valence-electron chi connectivity index (χ1n) is 5.99. The third-order valence-corrected chi connectivity index (χ3v) is 3.96. The van der Waals surface area contributed by atoms with Crippen molar-refractivity contribution in [2.45, 2.75) is 12.5 Å².